The molecule has 0 aliphatic rings. The van der Waals surface area contributed by atoms with Crippen LogP contribution in [0, 0.1) is 6.92 Å². The molecule has 1 aromatic heterocycles. The molecule has 0 aliphatic heterocycles. The van der Waals surface area contributed by atoms with Gasteiger partial charge in [-0.15, -0.1) is 0 Å². The minimum Gasteiger partial charge on any atom is -0.458 e. The van der Waals surface area contributed by atoms with Gasteiger partial charge in [-0.2, -0.15) is 4.31 Å². The minimum absolute atomic E-state index is 0.0765. The maximum Gasteiger partial charge on any atom is 0.336 e. The normalized spacial score (nSPS) is 12.2. The van der Waals surface area contributed by atoms with Gasteiger partial charge in [-0.3, -0.25) is 0 Å². The number of carbonyl (C=O) groups excluding carboxylic acids is 1. The Kier molecular flexibility index (Phi) is 8.30. The van der Waals surface area contributed by atoms with E-state index in [0.29, 0.717) is 29.8 Å². The zero-order valence-electron chi connectivity index (χ0n) is 20.7. The molecular weight excluding hydrogens is 466 g/mol. The van der Waals surface area contributed by atoms with Crippen LogP contribution in [0.2, 0.25) is 0 Å². The molecule has 1 heterocycles. The van der Waals surface area contributed by atoms with Crippen molar-refractivity contribution in [3.05, 3.63) is 81.2 Å². The summed E-state index contributed by atoms with van der Waals surface area (Å²) >= 11 is 0. The molecule has 0 saturated heterocycles. The van der Waals surface area contributed by atoms with E-state index < -0.39 is 21.6 Å². The summed E-state index contributed by atoms with van der Waals surface area (Å²) in [6.45, 7) is 10.4. The number of ether oxygens (including phenoxy) is 1. The smallest absolute Gasteiger partial charge is 0.336 e. The molecule has 0 saturated carbocycles. The average molecular weight is 498 g/mol. The highest BCUT2D eigenvalue weighted by Gasteiger charge is 2.21. The first-order valence-electron chi connectivity index (χ1n) is 11.6. The van der Waals surface area contributed by atoms with E-state index in [1.165, 1.54) is 28.6 Å². The highest BCUT2D eigenvalue weighted by Crippen LogP contribution is 2.27. The Bertz CT molecular complexity index is 1400. The third kappa shape index (κ3) is 6.07. The van der Waals surface area contributed by atoms with Crippen LogP contribution in [0.3, 0.4) is 0 Å². The zero-order chi connectivity index (χ0) is 25.8. The number of hydrogen-bond acceptors (Lipinski definition) is 6. The van der Waals surface area contributed by atoms with Crippen molar-refractivity contribution >= 4 is 33.0 Å². The molecule has 0 radical (unpaired) electrons. The first kappa shape index (κ1) is 26.4. The molecule has 0 fully saturated rings. The molecule has 0 amide bonds. The van der Waals surface area contributed by atoms with Crippen LogP contribution in [0.15, 0.2) is 62.6 Å². The fourth-order valence-electron chi connectivity index (χ4n) is 3.96. The van der Waals surface area contributed by atoms with Crippen molar-refractivity contribution in [2.75, 3.05) is 13.1 Å². The van der Waals surface area contributed by atoms with Gasteiger partial charge in [0.25, 0.3) is 0 Å². The molecule has 3 aromatic rings. The molecule has 0 aliphatic carbocycles. The molecule has 2 aromatic carbocycles. The second kappa shape index (κ2) is 11.0. The number of carbonyl (C=O) groups is 1. The van der Waals surface area contributed by atoms with E-state index in [-0.39, 0.29) is 17.4 Å². The average Bonchev–Trinajstić information content (AvgIpc) is 2.81. The summed E-state index contributed by atoms with van der Waals surface area (Å²) in [5.74, 6) is -0.291. The van der Waals surface area contributed by atoms with Crippen LogP contribution in [0.5, 0.6) is 0 Å². The van der Waals surface area contributed by atoms with Crippen molar-refractivity contribution in [1.29, 1.82) is 0 Å². The number of sulfonamides is 1. The number of esters is 1. The van der Waals surface area contributed by atoms with E-state index >= 15 is 0 Å². The standard InChI is InChI=1S/C27H31NO6S/c1-6-28(7-2)35(31,32)22-11-8-20(9-12-22)10-13-26(29)33-17-21-15-27(30)34-25-14-19(5)23(18(3)4)16-24(21)25/h8-16,18H,6-7,17H2,1-5H3. The summed E-state index contributed by atoms with van der Waals surface area (Å²) in [6.07, 6.45) is 2.82. The van der Waals surface area contributed by atoms with Crippen molar-refractivity contribution in [2.24, 2.45) is 0 Å². The number of hydrogen-bond donors (Lipinski definition) is 0. The molecule has 0 N–H and O–H groups in total. The number of nitrogens with zero attached hydrogens (tertiary/aromatic N) is 1. The van der Waals surface area contributed by atoms with Crippen LogP contribution in [-0.4, -0.2) is 31.8 Å². The van der Waals surface area contributed by atoms with Gasteiger partial charge < -0.3 is 9.15 Å². The van der Waals surface area contributed by atoms with Gasteiger partial charge >= 0.3 is 11.6 Å². The van der Waals surface area contributed by atoms with E-state index in [9.17, 15) is 18.0 Å². The summed E-state index contributed by atoms with van der Waals surface area (Å²) in [4.78, 5) is 24.5. The SMILES string of the molecule is CCN(CC)S(=O)(=O)c1ccc(C=CC(=O)OCc2cc(=O)oc3cc(C)c(C(C)C)cc23)cc1. The molecule has 3 rings (SSSR count). The zero-order valence-corrected chi connectivity index (χ0v) is 21.5. The van der Waals surface area contributed by atoms with Crippen LogP contribution in [0.1, 0.15) is 55.9 Å². The van der Waals surface area contributed by atoms with Crippen molar-refractivity contribution < 1.29 is 22.4 Å². The number of fused-ring (bicyclic) bond motifs is 1. The summed E-state index contributed by atoms with van der Waals surface area (Å²) in [5.41, 5.74) is 3.35. The van der Waals surface area contributed by atoms with E-state index in [1.807, 2.05) is 19.1 Å². The summed E-state index contributed by atoms with van der Waals surface area (Å²) in [6, 6.07) is 11.4. The lowest BCUT2D eigenvalue weighted by Gasteiger charge is -2.18. The lowest BCUT2D eigenvalue weighted by atomic mass is 9.95. The topological polar surface area (TPSA) is 93.9 Å². The third-order valence-corrected chi connectivity index (χ3v) is 7.91. The maximum absolute atomic E-state index is 12.6. The molecule has 0 bridgehead atoms. The van der Waals surface area contributed by atoms with Gasteiger partial charge in [0.1, 0.15) is 12.2 Å². The first-order valence-corrected chi connectivity index (χ1v) is 13.0. The van der Waals surface area contributed by atoms with Crippen molar-refractivity contribution in [1.82, 2.24) is 4.31 Å². The van der Waals surface area contributed by atoms with Gasteiger partial charge in [-0.05, 0) is 59.9 Å². The highest BCUT2D eigenvalue weighted by molar-refractivity contribution is 7.89. The fourth-order valence-corrected chi connectivity index (χ4v) is 5.42. The monoisotopic (exact) mass is 497 g/mol. The number of aryl methyl sites for hydroxylation is 1. The molecule has 186 valence electrons. The second-order valence-electron chi connectivity index (χ2n) is 8.55. The quantitative estimate of drug-likeness (QED) is 0.234. The minimum atomic E-state index is -3.54. The Labute approximate surface area is 206 Å². The van der Waals surface area contributed by atoms with Gasteiger partial charge in [-0.1, -0.05) is 39.8 Å². The van der Waals surface area contributed by atoms with E-state index in [4.69, 9.17) is 9.15 Å². The van der Waals surface area contributed by atoms with E-state index in [2.05, 4.69) is 13.8 Å². The Balaban J connectivity index is 1.73. The molecule has 7 nitrogen and oxygen atoms in total. The van der Waals surface area contributed by atoms with Gasteiger partial charge in [0.15, 0.2) is 0 Å². The van der Waals surface area contributed by atoms with Gasteiger partial charge in [-0.25, -0.2) is 18.0 Å². The van der Waals surface area contributed by atoms with Gasteiger partial charge in [0.2, 0.25) is 10.0 Å². The molecule has 0 spiro atoms. The predicted octanol–water partition coefficient (Wildman–Crippen LogP) is 5.01. The third-order valence-electron chi connectivity index (χ3n) is 5.84. The summed E-state index contributed by atoms with van der Waals surface area (Å²) in [7, 11) is -3.54. The Morgan fingerprint density at radius 2 is 1.74 bits per heavy atom. The van der Waals surface area contributed by atoms with Gasteiger partial charge in [0, 0.05) is 36.2 Å². The molecule has 35 heavy (non-hydrogen) atoms. The van der Waals surface area contributed by atoms with E-state index in [0.717, 1.165) is 16.5 Å². The van der Waals surface area contributed by atoms with Crippen LogP contribution in [0.4, 0.5) is 0 Å². The van der Waals surface area contributed by atoms with Crippen LogP contribution < -0.4 is 5.63 Å². The molecule has 8 heteroatoms. The number of benzene rings is 2. The molecule has 0 atom stereocenters. The van der Waals surface area contributed by atoms with Crippen LogP contribution in [0.25, 0.3) is 17.0 Å². The van der Waals surface area contributed by atoms with Crippen molar-refractivity contribution in [2.45, 2.75) is 52.0 Å². The van der Waals surface area contributed by atoms with Crippen molar-refractivity contribution in [3.63, 3.8) is 0 Å². The Hall–Kier alpha value is -3.23. The fraction of sp³-hybridized carbons (Fsp3) is 0.333. The largest absolute Gasteiger partial charge is 0.458 e. The number of rotatable bonds is 9. The lowest BCUT2D eigenvalue weighted by Crippen LogP contribution is -2.30. The van der Waals surface area contributed by atoms with Crippen LogP contribution in [-0.2, 0) is 26.2 Å². The predicted molar refractivity (Wildman–Crippen MR) is 137 cm³/mol. The molecular formula is C27H31NO6S. The summed E-state index contributed by atoms with van der Waals surface area (Å²) in [5, 5.41) is 0.737. The van der Waals surface area contributed by atoms with E-state index in [1.54, 1.807) is 32.1 Å². The highest BCUT2D eigenvalue weighted by atomic mass is 32.2. The van der Waals surface area contributed by atoms with Gasteiger partial charge in [0.05, 0.1) is 4.90 Å². The summed E-state index contributed by atoms with van der Waals surface area (Å²) < 4.78 is 37.3. The second-order valence-corrected chi connectivity index (χ2v) is 10.5. The Morgan fingerprint density at radius 1 is 1.09 bits per heavy atom. The first-order chi connectivity index (χ1) is 16.6. The van der Waals surface area contributed by atoms with Crippen molar-refractivity contribution in [3.8, 4) is 0 Å². The Morgan fingerprint density at radius 3 is 2.34 bits per heavy atom. The van der Waals surface area contributed by atoms with Crippen LogP contribution >= 0.6 is 0 Å². The lowest BCUT2D eigenvalue weighted by molar-refractivity contribution is -0.138. The maximum atomic E-state index is 12.6. The molecule has 0 unspecified atom stereocenters.